The van der Waals surface area contributed by atoms with E-state index in [4.69, 9.17) is 23.2 Å². The van der Waals surface area contributed by atoms with Gasteiger partial charge in [0.15, 0.2) is 0 Å². The second kappa shape index (κ2) is 12.7. The molecule has 0 aliphatic carbocycles. The first-order valence-corrected chi connectivity index (χ1v) is 14.3. The first-order chi connectivity index (χ1) is 18.0. The van der Waals surface area contributed by atoms with Gasteiger partial charge in [0.1, 0.15) is 12.6 Å². The molecule has 0 saturated carbocycles. The Hall–Kier alpha value is -3.07. The van der Waals surface area contributed by atoms with Crippen molar-refractivity contribution in [1.29, 1.82) is 0 Å². The summed E-state index contributed by atoms with van der Waals surface area (Å²) in [6.45, 7) is 5.19. The Bertz CT molecular complexity index is 1390. The molecule has 0 aromatic heterocycles. The Morgan fingerprint density at radius 2 is 1.47 bits per heavy atom. The Morgan fingerprint density at radius 3 is 2.00 bits per heavy atom. The van der Waals surface area contributed by atoms with E-state index in [9.17, 15) is 18.0 Å². The predicted molar refractivity (Wildman–Crippen MR) is 152 cm³/mol. The number of rotatable bonds is 10. The van der Waals surface area contributed by atoms with E-state index >= 15 is 0 Å². The van der Waals surface area contributed by atoms with Crippen LogP contribution in [0, 0.1) is 13.8 Å². The lowest BCUT2D eigenvalue weighted by Crippen LogP contribution is -2.51. The predicted octanol–water partition coefficient (Wildman–Crippen LogP) is 5.36. The third kappa shape index (κ3) is 6.87. The zero-order chi connectivity index (χ0) is 28.0. The molecule has 10 heteroatoms. The molecular weight excluding hydrogens is 545 g/mol. The van der Waals surface area contributed by atoms with Crippen LogP contribution < -0.4 is 9.62 Å². The normalized spacial score (nSPS) is 12.1. The van der Waals surface area contributed by atoms with E-state index in [-0.39, 0.29) is 17.3 Å². The van der Waals surface area contributed by atoms with E-state index in [1.165, 1.54) is 36.2 Å². The SMILES string of the molecule is CC[C@H](C(=O)NC)N(Cc1ccc(Cl)cc1)C(=O)CN(c1ccc(C)c(C)c1)S(=O)(=O)c1ccc(Cl)cc1. The smallest absolute Gasteiger partial charge is 0.264 e. The molecule has 202 valence electrons. The van der Waals surface area contributed by atoms with Crippen molar-refractivity contribution in [1.82, 2.24) is 10.2 Å². The molecule has 3 rings (SSSR count). The van der Waals surface area contributed by atoms with Crippen LogP contribution in [-0.2, 0) is 26.2 Å². The molecule has 1 N–H and O–H groups in total. The second-order valence-electron chi connectivity index (χ2n) is 8.92. The van der Waals surface area contributed by atoms with Crippen molar-refractivity contribution in [3.63, 3.8) is 0 Å². The van der Waals surface area contributed by atoms with Gasteiger partial charge in [-0.15, -0.1) is 0 Å². The minimum atomic E-state index is -4.16. The van der Waals surface area contributed by atoms with Gasteiger partial charge in [0, 0.05) is 23.6 Å². The van der Waals surface area contributed by atoms with E-state index in [2.05, 4.69) is 5.32 Å². The molecule has 0 saturated heterocycles. The monoisotopic (exact) mass is 575 g/mol. The number of nitrogens with one attached hydrogen (secondary N) is 1. The van der Waals surface area contributed by atoms with Crippen molar-refractivity contribution in [2.75, 3.05) is 17.9 Å². The number of likely N-dealkylation sites (N-methyl/N-ethyl adjacent to an activating group) is 1. The van der Waals surface area contributed by atoms with Crippen LogP contribution in [0.2, 0.25) is 10.0 Å². The van der Waals surface area contributed by atoms with Crippen LogP contribution in [0.15, 0.2) is 71.6 Å². The largest absolute Gasteiger partial charge is 0.357 e. The highest BCUT2D eigenvalue weighted by Crippen LogP contribution is 2.27. The van der Waals surface area contributed by atoms with Gasteiger partial charge < -0.3 is 10.2 Å². The van der Waals surface area contributed by atoms with Crippen molar-refractivity contribution < 1.29 is 18.0 Å². The van der Waals surface area contributed by atoms with E-state index in [0.29, 0.717) is 22.2 Å². The fraction of sp³-hybridized carbons (Fsp3) is 0.286. The number of carbonyl (C=O) groups is 2. The fourth-order valence-electron chi connectivity index (χ4n) is 4.02. The molecule has 0 aliphatic rings. The zero-order valence-electron chi connectivity index (χ0n) is 21.7. The van der Waals surface area contributed by atoms with Crippen LogP contribution >= 0.6 is 23.2 Å². The summed E-state index contributed by atoms with van der Waals surface area (Å²) in [5.41, 5.74) is 2.96. The molecule has 38 heavy (non-hydrogen) atoms. The lowest BCUT2D eigenvalue weighted by molar-refractivity contribution is -0.140. The van der Waals surface area contributed by atoms with Crippen molar-refractivity contribution in [2.24, 2.45) is 0 Å². The molecule has 0 heterocycles. The number of anilines is 1. The van der Waals surface area contributed by atoms with Gasteiger partial charge in [-0.3, -0.25) is 13.9 Å². The number of nitrogens with zero attached hydrogens (tertiary/aromatic N) is 2. The molecular formula is C28H31Cl2N3O4S. The molecule has 0 spiro atoms. The number of sulfonamides is 1. The number of halogens is 2. The molecule has 7 nitrogen and oxygen atoms in total. The van der Waals surface area contributed by atoms with Gasteiger partial charge >= 0.3 is 0 Å². The fourth-order valence-corrected chi connectivity index (χ4v) is 5.67. The lowest BCUT2D eigenvalue weighted by Gasteiger charge is -2.33. The minimum absolute atomic E-state index is 0.00415. The molecule has 0 aliphatic heterocycles. The van der Waals surface area contributed by atoms with Crippen molar-refractivity contribution in [2.45, 2.75) is 44.7 Å². The second-order valence-corrected chi connectivity index (χ2v) is 11.7. The maximum atomic E-state index is 13.9. The van der Waals surface area contributed by atoms with Gasteiger partial charge in [-0.1, -0.05) is 48.3 Å². The van der Waals surface area contributed by atoms with Gasteiger partial charge in [-0.25, -0.2) is 8.42 Å². The summed E-state index contributed by atoms with van der Waals surface area (Å²) in [5.74, 6) is -0.862. The van der Waals surface area contributed by atoms with Crippen molar-refractivity contribution in [3.8, 4) is 0 Å². The molecule has 0 fully saturated rings. The quantitative estimate of drug-likeness (QED) is 0.352. The minimum Gasteiger partial charge on any atom is -0.357 e. The van der Waals surface area contributed by atoms with Gasteiger partial charge in [0.2, 0.25) is 11.8 Å². The van der Waals surface area contributed by atoms with Crippen LogP contribution in [0.25, 0.3) is 0 Å². The highest BCUT2D eigenvalue weighted by Gasteiger charge is 2.33. The maximum absolute atomic E-state index is 13.9. The number of aryl methyl sites for hydroxylation is 2. The molecule has 0 radical (unpaired) electrons. The maximum Gasteiger partial charge on any atom is 0.264 e. The van der Waals surface area contributed by atoms with Crippen LogP contribution in [-0.4, -0.2) is 44.8 Å². The van der Waals surface area contributed by atoms with Gasteiger partial charge in [-0.2, -0.15) is 0 Å². The topological polar surface area (TPSA) is 86.8 Å². The van der Waals surface area contributed by atoms with Crippen LogP contribution in [0.5, 0.6) is 0 Å². The number of hydrogen-bond donors (Lipinski definition) is 1. The van der Waals surface area contributed by atoms with Gasteiger partial charge in [0.25, 0.3) is 10.0 Å². The van der Waals surface area contributed by atoms with Gasteiger partial charge in [0.05, 0.1) is 10.6 Å². The molecule has 2 amide bonds. The summed E-state index contributed by atoms with van der Waals surface area (Å²) in [6.07, 6.45) is 0.340. The summed E-state index contributed by atoms with van der Waals surface area (Å²) < 4.78 is 28.8. The highest BCUT2D eigenvalue weighted by molar-refractivity contribution is 7.92. The Balaban J connectivity index is 2.08. The average Bonchev–Trinajstić information content (AvgIpc) is 2.89. The van der Waals surface area contributed by atoms with Gasteiger partial charge in [-0.05, 0) is 85.5 Å². The van der Waals surface area contributed by atoms with Crippen LogP contribution in [0.3, 0.4) is 0 Å². The number of carbonyl (C=O) groups excluding carboxylic acids is 2. The van der Waals surface area contributed by atoms with E-state index < -0.39 is 28.5 Å². The summed E-state index contributed by atoms with van der Waals surface area (Å²) in [5, 5.41) is 3.54. The summed E-state index contributed by atoms with van der Waals surface area (Å²) >= 11 is 12.0. The lowest BCUT2D eigenvalue weighted by atomic mass is 10.1. The zero-order valence-corrected chi connectivity index (χ0v) is 24.1. The Morgan fingerprint density at radius 1 is 0.895 bits per heavy atom. The third-order valence-electron chi connectivity index (χ3n) is 6.36. The Kier molecular flexibility index (Phi) is 9.82. The van der Waals surface area contributed by atoms with Crippen molar-refractivity contribution in [3.05, 3.63) is 93.5 Å². The first-order valence-electron chi connectivity index (χ1n) is 12.1. The first kappa shape index (κ1) is 29.5. The molecule has 1 atom stereocenters. The third-order valence-corrected chi connectivity index (χ3v) is 8.65. The summed E-state index contributed by atoms with van der Waals surface area (Å²) in [4.78, 5) is 28.1. The number of amides is 2. The van der Waals surface area contributed by atoms with E-state index in [1.807, 2.05) is 19.9 Å². The summed E-state index contributed by atoms with van der Waals surface area (Å²) in [6, 6.07) is 17.1. The molecule has 0 bridgehead atoms. The van der Waals surface area contributed by atoms with Crippen LogP contribution in [0.1, 0.15) is 30.0 Å². The molecule has 3 aromatic carbocycles. The summed E-state index contributed by atoms with van der Waals surface area (Å²) in [7, 11) is -2.65. The van der Waals surface area contributed by atoms with Crippen LogP contribution in [0.4, 0.5) is 5.69 Å². The average molecular weight is 577 g/mol. The molecule has 3 aromatic rings. The number of hydrogen-bond acceptors (Lipinski definition) is 4. The molecule has 0 unspecified atom stereocenters. The van der Waals surface area contributed by atoms with E-state index in [1.54, 1.807) is 43.3 Å². The van der Waals surface area contributed by atoms with Crippen molar-refractivity contribution >= 4 is 50.7 Å². The highest BCUT2D eigenvalue weighted by atomic mass is 35.5. The Labute approximate surface area is 234 Å². The van der Waals surface area contributed by atoms with E-state index in [0.717, 1.165) is 21.0 Å². The number of benzene rings is 3. The standard InChI is InChI=1S/C28H31Cl2N3O4S/c1-5-26(28(35)31-4)32(17-21-7-9-22(29)10-8-21)27(34)18-33(24-13-6-19(2)20(3)16-24)38(36,37)25-14-11-23(30)12-15-25/h6-16,26H,5,17-18H2,1-4H3,(H,31,35)/t26-/m1/s1.